The number of amides is 1. The number of carbonyl (C=O) groups excluding carboxylic acids is 1. The molecule has 1 atom stereocenters. The molecule has 0 aromatic heterocycles. The van der Waals surface area contributed by atoms with Crippen molar-refractivity contribution < 1.29 is 4.79 Å². The predicted octanol–water partition coefficient (Wildman–Crippen LogP) is 1.32. The maximum atomic E-state index is 12.7. The van der Waals surface area contributed by atoms with Crippen LogP contribution in [0.4, 0.5) is 0 Å². The van der Waals surface area contributed by atoms with Crippen molar-refractivity contribution in [1.29, 1.82) is 0 Å². The minimum atomic E-state index is -0.121. The van der Waals surface area contributed by atoms with Gasteiger partial charge in [0, 0.05) is 37.6 Å². The van der Waals surface area contributed by atoms with Crippen LogP contribution in [0, 0.1) is 5.41 Å². The number of piperazine rings is 1. The summed E-state index contributed by atoms with van der Waals surface area (Å²) < 4.78 is 0. The predicted molar refractivity (Wildman–Crippen MR) is 78.1 cm³/mol. The van der Waals surface area contributed by atoms with Crippen LogP contribution in [0.2, 0.25) is 0 Å². The molecule has 110 valence electrons. The van der Waals surface area contributed by atoms with Gasteiger partial charge in [-0.3, -0.25) is 9.69 Å². The minimum absolute atomic E-state index is 0.121. The molecule has 2 saturated heterocycles. The second kappa shape index (κ2) is 6.23. The SMILES string of the molecule is CCC(C)N1CCN(C(=O)C2(C)CCNCC2)CC1. The topological polar surface area (TPSA) is 35.6 Å². The Kier molecular flexibility index (Phi) is 4.85. The van der Waals surface area contributed by atoms with E-state index in [0.29, 0.717) is 11.9 Å². The molecule has 0 bridgehead atoms. The minimum Gasteiger partial charge on any atom is -0.340 e. The summed E-state index contributed by atoms with van der Waals surface area (Å²) in [5, 5.41) is 3.35. The van der Waals surface area contributed by atoms with Gasteiger partial charge in [0.15, 0.2) is 0 Å². The Morgan fingerprint density at radius 1 is 1.21 bits per heavy atom. The zero-order valence-corrected chi connectivity index (χ0v) is 12.7. The van der Waals surface area contributed by atoms with Crippen LogP contribution in [0.3, 0.4) is 0 Å². The number of nitrogens with one attached hydrogen (secondary N) is 1. The summed E-state index contributed by atoms with van der Waals surface area (Å²) in [6.45, 7) is 12.5. The Bertz CT molecular complexity index is 305. The van der Waals surface area contributed by atoms with Crippen molar-refractivity contribution in [2.75, 3.05) is 39.3 Å². The molecular weight excluding hydrogens is 238 g/mol. The zero-order valence-electron chi connectivity index (χ0n) is 12.7. The fraction of sp³-hybridized carbons (Fsp3) is 0.933. The average molecular weight is 267 g/mol. The number of nitrogens with zero attached hydrogens (tertiary/aromatic N) is 2. The van der Waals surface area contributed by atoms with Crippen LogP contribution in [0.1, 0.15) is 40.0 Å². The molecule has 2 rings (SSSR count). The van der Waals surface area contributed by atoms with Crippen molar-refractivity contribution in [3.8, 4) is 0 Å². The van der Waals surface area contributed by atoms with E-state index in [4.69, 9.17) is 0 Å². The van der Waals surface area contributed by atoms with Crippen LogP contribution in [-0.4, -0.2) is 61.0 Å². The van der Waals surface area contributed by atoms with Crippen LogP contribution < -0.4 is 5.32 Å². The van der Waals surface area contributed by atoms with E-state index in [1.807, 2.05) is 0 Å². The van der Waals surface area contributed by atoms with Crippen LogP contribution in [0.5, 0.6) is 0 Å². The van der Waals surface area contributed by atoms with Gasteiger partial charge in [0.25, 0.3) is 0 Å². The van der Waals surface area contributed by atoms with Gasteiger partial charge >= 0.3 is 0 Å². The highest BCUT2D eigenvalue weighted by atomic mass is 16.2. The molecule has 2 heterocycles. The van der Waals surface area contributed by atoms with Crippen LogP contribution in [-0.2, 0) is 4.79 Å². The highest BCUT2D eigenvalue weighted by Crippen LogP contribution is 2.30. The molecule has 0 radical (unpaired) electrons. The Labute approximate surface area is 117 Å². The average Bonchev–Trinajstić information content (AvgIpc) is 2.46. The fourth-order valence-electron chi connectivity index (χ4n) is 3.20. The van der Waals surface area contributed by atoms with Crippen molar-refractivity contribution in [2.45, 2.75) is 46.1 Å². The molecule has 1 N–H and O–H groups in total. The summed E-state index contributed by atoms with van der Waals surface area (Å²) in [5.74, 6) is 0.387. The smallest absolute Gasteiger partial charge is 0.228 e. The van der Waals surface area contributed by atoms with Gasteiger partial charge in [0.2, 0.25) is 5.91 Å². The third kappa shape index (κ3) is 3.29. The molecular formula is C15H29N3O. The first kappa shape index (κ1) is 14.8. The molecule has 0 aliphatic carbocycles. The maximum absolute atomic E-state index is 12.7. The van der Waals surface area contributed by atoms with Crippen molar-refractivity contribution in [1.82, 2.24) is 15.1 Å². The van der Waals surface area contributed by atoms with Crippen molar-refractivity contribution in [3.05, 3.63) is 0 Å². The summed E-state index contributed by atoms with van der Waals surface area (Å²) in [5.41, 5.74) is -0.121. The Hall–Kier alpha value is -0.610. The van der Waals surface area contributed by atoms with Crippen molar-refractivity contribution in [3.63, 3.8) is 0 Å². The maximum Gasteiger partial charge on any atom is 0.228 e. The molecule has 0 spiro atoms. The number of rotatable bonds is 3. The van der Waals surface area contributed by atoms with Gasteiger partial charge in [0.1, 0.15) is 0 Å². The lowest BCUT2D eigenvalue weighted by atomic mass is 9.79. The number of carbonyl (C=O) groups is 1. The highest BCUT2D eigenvalue weighted by molar-refractivity contribution is 5.82. The van der Waals surface area contributed by atoms with Crippen molar-refractivity contribution in [2.24, 2.45) is 5.41 Å². The number of piperidine rings is 1. The first-order valence-corrected chi connectivity index (χ1v) is 7.81. The summed E-state index contributed by atoms with van der Waals surface area (Å²) >= 11 is 0. The van der Waals surface area contributed by atoms with Gasteiger partial charge in [0.05, 0.1) is 0 Å². The Morgan fingerprint density at radius 3 is 2.32 bits per heavy atom. The summed E-state index contributed by atoms with van der Waals surface area (Å²) in [6, 6.07) is 0.645. The van der Waals surface area contributed by atoms with Crippen molar-refractivity contribution >= 4 is 5.91 Å². The lowest BCUT2D eigenvalue weighted by molar-refractivity contribution is -0.144. The highest BCUT2D eigenvalue weighted by Gasteiger charge is 2.38. The van der Waals surface area contributed by atoms with Gasteiger partial charge in [-0.25, -0.2) is 0 Å². The molecule has 1 amide bonds. The lowest BCUT2D eigenvalue weighted by Crippen LogP contribution is -2.55. The molecule has 2 aliphatic rings. The molecule has 0 aromatic rings. The third-order valence-corrected chi connectivity index (χ3v) is 5.04. The van der Waals surface area contributed by atoms with Crippen LogP contribution in [0.15, 0.2) is 0 Å². The Balaban J connectivity index is 1.88. The van der Waals surface area contributed by atoms with Gasteiger partial charge in [-0.1, -0.05) is 13.8 Å². The second-order valence-electron chi connectivity index (χ2n) is 6.40. The molecule has 0 aromatic carbocycles. The van der Waals surface area contributed by atoms with E-state index in [1.165, 1.54) is 6.42 Å². The van der Waals surface area contributed by atoms with E-state index in [-0.39, 0.29) is 5.41 Å². The van der Waals surface area contributed by atoms with E-state index in [1.54, 1.807) is 0 Å². The zero-order chi connectivity index (χ0) is 13.9. The lowest BCUT2D eigenvalue weighted by Gasteiger charge is -2.42. The quantitative estimate of drug-likeness (QED) is 0.838. The summed E-state index contributed by atoms with van der Waals surface area (Å²) in [6.07, 6.45) is 3.16. The fourth-order valence-corrected chi connectivity index (χ4v) is 3.20. The monoisotopic (exact) mass is 267 g/mol. The van der Waals surface area contributed by atoms with E-state index >= 15 is 0 Å². The van der Waals surface area contributed by atoms with Gasteiger partial charge in [-0.2, -0.15) is 0 Å². The molecule has 2 aliphatic heterocycles. The van der Waals surface area contributed by atoms with Gasteiger partial charge < -0.3 is 10.2 Å². The molecule has 1 unspecified atom stereocenters. The summed E-state index contributed by atoms with van der Waals surface area (Å²) in [7, 11) is 0. The molecule has 0 saturated carbocycles. The third-order valence-electron chi connectivity index (χ3n) is 5.04. The van der Waals surface area contributed by atoms with E-state index in [0.717, 1.165) is 52.1 Å². The van der Waals surface area contributed by atoms with Crippen LogP contribution in [0.25, 0.3) is 0 Å². The molecule has 19 heavy (non-hydrogen) atoms. The first-order valence-electron chi connectivity index (χ1n) is 7.81. The Morgan fingerprint density at radius 2 is 1.79 bits per heavy atom. The molecule has 4 nitrogen and oxygen atoms in total. The number of hydrogen-bond donors (Lipinski definition) is 1. The molecule has 2 fully saturated rings. The largest absolute Gasteiger partial charge is 0.340 e. The number of hydrogen-bond acceptors (Lipinski definition) is 3. The van der Waals surface area contributed by atoms with Crippen LogP contribution >= 0.6 is 0 Å². The van der Waals surface area contributed by atoms with E-state index in [9.17, 15) is 4.79 Å². The first-order chi connectivity index (χ1) is 9.07. The second-order valence-corrected chi connectivity index (χ2v) is 6.40. The van der Waals surface area contributed by atoms with E-state index in [2.05, 4.69) is 35.9 Å². The molecule has 4 heteroatoms. The standard InChI is InChI=1S/C15H29N3O/c1-4-13(2)17-9-11-18(12-10-17)14(19)15(3)5-7-16-8-6-15/h13,16H,4-12H2,1-3H3. The summed E-state index contributed by atoms with van der Waals surface area (Å²) in [4.78, 5) is 17.3. The van der Waals surface area contributed by atoms with Gasteiger partial charge in [-0.15, -0.1) is 0 Å². The van der Waals surface area contributed by atoms with E-state index < -0.39 is 0 Å². The normalized spacial score (nSPS) is 26.2. The van der Waals surface area contributed by atoms with Gasteiger partial charge in [-0.05, 0) is 39.3 Å².